The maximum absolute atomic E-state index is 13.7. The molecule has 0 saturated carbocycles. The lowest BCUT2D eigenvalue weighted by Gasteiger charge is -2.15. The summed E-state index contributed by atoms with van der Waals surface area (Å²) in [4.78, 5) is 11.9. The molecule has 0 fully saturated rings. The molecule has 0 aromatic heterocycles. The van der Waals surface area contributed by atoms with E-state index in [1.807, 2.05) is 0 Å². The van der Waals surface area contributed by atoms with Gasteiger partial charge in [-0.1, -0.05) is 12.1 Å². The Hall–Kier alpha value is -2.63. The zero-order valence-corrected chi connectivity index (χ0v) is 13.5. The molecule has 0 heterocycles. The SMILES string of the molecule is COc1ccc(C(C)NC(=O)CCOc2cccc(F)c2)cc1F. The summed E-state index contributed by atoms with van der Waals surface area (Å²) >= 11 is 0. The second kappa shape index (κ2) is 8.29. The van der Waals surface area contributed by atoms with Crippen molar-refractivity contribution in [3.8, 4) is 11.5 Å². The minimum Gasteiger partial charge on any atom is -0.494 e. The van der Waals surface area contributed by atoms with Crippen LogP contribution in [0.3, 0.4) is 0 Å². The second-order valence-electron chi connectivity index (χ2n) is 5.24. The van der Waals surface area contributed by atoms with Crippen LogP contribution in [0.1, 0.15) is 24.9 Å². The Balaban J connectivity index is 1.82. The Morgan fingerprint density at radius 2 is 2.00 bits per heavy atom. The predicted molar refractivity (Wildman–Crippen MR) is 86.0 cm³/mol. The fourth-order valence-corrected chi connectivity index (χ4v) is 2.17. The highest BCUT2D eigenvalue weighted by Gasteiger charge is 2.12. The van der Waals surface area contributed by atoms with Crippen molar-refractivity contribution in [1.82, 2.24) is 5.32 Å². The van der Waals surface area contributed by atoms with Crippen molar-refractivity contribution in [1.29, 1.82) is 0 Å². The minimum absolute atomic E-state index is 0.111. The van der Waals surface area contributed by atoms with Crippen LogP contribution in [0.4, 0.5) is 8.78 Å². The Morgan fingerprint density at radius 3 is 2.67 bits per heavy atom. The number of hydrogen-bond donors (Lipinski definition) is 1. The van der Waals surface area contributed by atoms with E-state index in [9.17, 15) is 13.6 Å². The van der Waals surface area contributed by atoms with Crippen LogP contribution >= 0.6 is 0 Å². The Labute approximate surface area is 139 Å². The summed E-state index contributed by atoms with van der Waals surface area (Å²) in [6.07, 6.45) is 0.111. The van der Waals surface area contributed by atoms with Gasteiger partial charge in [0, 0.05) is 6.07 Å². The van der Waals surface area contributed by atoms with E-state index in [0.717, 1.165) is 0 Å². The first kappa shape index (κ1) is 17.7. The molecule has 0 spiro atoms. The number of ether oxygens (including phenoxy) is 2. The standard InChI is InChI=1S/C18H19F2NO3/c1-12(13-6-7-17(23-2)16(20)10-13)21-18(22)8-9-24-15-5-3-4-14(19)11-15/h3-7,10-12H,8-9H2,1-2H3,(H,21,22). The van der Waals surface area contributed by atoms with Crippen molar-refractivity contribution in [2.45, 2.75) is 19.4 Å². The van der Waals surface area contributed by atoms with Gasteiger partial charge in [0.1, 0.15) is 11.6 Å². The molecule has 4 nitrogen and oxygen atoms in total. The van der Waals surface area contributed by atoms with E-state index in [0.29, 0.717) is 11.3 Å². The molecule has 0 saturated heterocycles. The zero-order valence-electron chi connectivity index (χ0n) is 13.5. The molecule has 1 atom stereocenters. The number of halogens is 2. The zero-order chi connectivity index (χ0) is 17.5. The Bertz CT molecular complexity index is 706. The van der Waals surface area contributed by atoms with Gasteiger partial charge in [0.15, 0.2) is 11.6 Å². The molecule has 6 heteroatoms. The molecule has 2 aromatic carbocycles. The molecular formula is C18H19F2NO3. The summed E-state index contributed by atoms with van der Waals surface area (Å²) in [5, 5.41) is 2.76. The van der Waals surface area contributed by atoms with Crippen LogP contribution in [-0.2, 0) is 4.79 Å². The quantitative estimate of drug-likeness (QED) is 0.841. The number of hydrogen-bond acceptors (Lipinski definition) is 3. The fraction of sp³-hybridized carbons (Fsp3) is 0.278. The van der Waals surface area contributed by atoms with Gasteiger partial charge in [-0.05, 0) is 36.8 Å². The lowest BCUT2D eigenvalue weighted by Crippen LogP contribution is -2.27. The van der Waals surface area contributed by atoms with Crippen molar-refractivity contribution in [2.75, 3.05) is 13.7 Å². The van der Waals surface area contributed by atoms with Crippen molar-refractivity contribution in [3.05, 3.63) is 59.7 Å². The van der Waals surface area contributed by atoms with E-state index in [-0.39, 0.29) is 30.7 Å². The van der Waals surface area contributed by atoms with E-state index in [1.165, 1.54) is 37.4 Å². The third-order valence-corrected chi connectivity index (χ3v) is 3.45. The molecule has 1 amide bonds. The summed E-state index contributed by atoms with van der Waals surface area (Å²) in [5.74, 6) is -0.596. The van der Waals surface area contributed by atoms with Gasteiger partial charge in [-0.2, -0.15) is 0 Å². The molecule has 1 N–H and O–H groups in total. The normalized spacial score (nSPS) is 11.7. The predicted octanol–water partition coefficient (Wildman–Crippen LogP) is 3.62. The first-order valence-corrected chi connectivity index (χ1v) is 7.50. The number of carbonyl (C=O) groups excluding carboxylic acids is 1. The second-order valence-corrected chi connectivity index (χ2v) is 5.24. The van der Waals surface area contributed by atoms with E-state index in [1.54, 1.807) is 19.1 Å². The number of amides is 1. The maximum Gasteiger partial charge on any atom is 0.223 e. The summed E-state index contributed by atoms with van der Waals surface area (Å²) < 4.78 is 36.9. The lowest BCUT2D eigenvalue weighted by atomic mass is 10.1. The molecule has 0 bridgehead atoms. The van der Waals surface area contributed by atoms with Gasteiger partial charge in [-0.15, -0.1) is 0 Å². The average Bonchev–Trinajstić information content (AvgIpc) is 2.54. The van der Waals surface area contributed by atoms with Gasteiger partial charge < -0.3 is 14.8 Å². The van der Waals surface area contributed by atoms with Crippen LogP contribution in [0.2, 0.25) is 0 Å². The maximum atomic E-state index is 13.7. The molecule has 2 aromatic rings. The molecule has 0 aliphatic carbocycles. The molecule has 24 heavy (non-hydrogen) atoms. The van der Waals surface area contributed by atoms with Crippen molar-refractivity contribution < 1.29 is 23.0 Å². The van der Waals surface area contributed by atoms with Crippen LogP contribution in [0.25, 0.3) is 0 Å². The Kier molecular flexibility index (Phi) is 6.12. The Morgan fingerprint density at radius 1 is 1.21 bits per heavy atom. The van der Waals surface area contributed by atoms with E-state index in [2.05, 4.69) is 5.32 Å². The minimum atomic E-state index is -0.481. The molecule has 2 rings (SSSR count). The average molecular weight is 335 g/mol. The number of rotatable bonds is 7. The van der Waals surface area contributed by atoms with Crippen LogP contribution in [-0.4, -0.2) is 19.6 Å². The van der Waals surface area contributed by atoms with Gasteiger partial charge in [0.25, 0.3) is 0 Å². The number of methoxy groups -OCH3 is 1. The third-order valence-electron chi connectivity index (χ3n) is 3.45. The first-order chi connectivity index (χ1) is 11.5. The molecule has 1 unspecified atom stereocenters. The van der Waals surface area contributed by atoms with Crippen LogP contribution in [0.15, 0.2) is 42.5 Å². The highest BCUT2D eigenvalue weighted by atomic mass is 19.1. The monoisotopic (exact) mass is 335 g/mol. The third kappa shape index (κ3) is 4.94. The highest BCUT2D eigenvalue weighted by Crippen LogP contribution is 2.21. The summed E-state index contributed by atoms with van der Waals surface area (Å²) in [5.41, 5.74) is 0.632. The summed E-state index contributed by atoms with van der Waals surface area (Å²) in [7, 11) is 1.39. The van der Waals surface area contributed by atoms with Crippen LogP contribution < -0.4 is 14.8 Å². The van der Waals surface area contributed by atoms with E-state index >= 15 is 0 Å². The van der Waals surface area contributed by atoms with Crippen LogP contribution in [0, 0.1) is 11.6 Å². The van der Waals surface area contributed by atoms with Crippen molar-refractivity contribution in [2.24, 2.45) is 0 Å². The van der Waals surface area contributed by atoms with Crippen LogP contribution in [0.5, 0.6) is 11.5 Å². The molecule has 0 aliphatic heterocycles. The number of benzene rings is 2. The summed E-state index contributed by atoms with van der Waals surface area (Å²) in [6, 6.07) is 9.89. The largest absolute Gasteiger partial charge is 0.494 e. The van der Waals surface area contributed by atoms with Crippen molar-refractivity contribution >= 4 is 5.91 Å². The van der Waals surface area contributed by atoms with Crippen molar-refractivity contribution in [3.63, 3.8) is 0 Å². The van der Waals surface area contributed by atoms with Gasteiger partial charge in [-0.25, -0.2) is 8.78 Å². The van der Waals surface area contributed by atoms with Gasteiger partial charge >= 0.3 is 0 Å². The topological polar surface area (TPSA) is 47.6 Å². The number of nitrogens with one attached hydrogen (secondary N) is 1. The molecule has 0 radical (unpaired) electrons. The van der Waals surface area contributed by atoms with Gasteiger partial charge in [-0.3, -0.25) is 4.79 Å². The highest BCUT2D eigenvalue weighted by molar-refractivity contribution is 5.76. The molecule has 128 valence electrons. The fourth-order valence-electron chi connectivity index (χ4n) is 2.17. The number of carbonyl (C=O) groups is 1. The smallest absolute Gasteiger partial charge is 0.223 e. The van der Waals surface area contributed by atoms with E-state index in [4.69, 9.17) is 9.47 Å². The first-order valence-electron chi connectivity index (χ1n) is 7.50. The molecular weight excluding hydrogens is 316 g/mol. The summed E-state index contributed by atoms with van der Waals surface area (Å²) in [6.45, 7) is 1.88. The molecule has 0 aliphatic rings. The lowest BCUT2D eigenvalue weighted by molar-refractivity contribution is -0.122. The van der Waals surface area contributed by atoms with Gasteiger partial charge in [0.05, 0.1) is 26.2 Å². The van der Waals surface area contributed by atoms with E-state index < -0.39 is 11.6 Å². The van der Waals surface area contributed by atoms with Gasteiger partial charge in [0.2, 0.25) is 5.91 Å².